The van der Waals surface area contributed by atoms with Gasteiger partial charge in [-0.15, -0.1) is 0 Å². The van der Waals surface area contributed by atoms with Crippen LogP contribution in [0.4, 0.5) is 0 Å². The molecule has 1 heterocycles. The van der Waals surface area contributed by atoms with Gasteiger partial charge in [0.2, 0.25) is 0 Å². The van der Waals surface area contributed by atoms with Crippen molar-refractivity contribution >= 4 is 5.97 Å². The Morgan fingerprint density at radius 1 is 0.686 bits per heavy atom. The summed E-state index contributed by atoms with van der Waals surface area (Å²) in [6.07, 6.45) is 11.3. The molecule has 0 saturated heterocycles. The monoisotopic (exact) mass is 475 g/mol. The van der Waals surface area contributed by atoms with Crippen LogP contribution >= 0.6 is 0 Å². The zero-order chi connectivity index (χ0) is 24.7. The molecule has 5 heteroatoms. The topological polar surface area (TPSA) is 57.7 Å². The van der Waals surface area contributed by atoms with Crippen LogP contribution < -0.4 is 14.2 Å². The molecule has 0 aliphatic carbocycles. The van der Waals surface area contributed by atoms with E-state index in [0.29, 0.717) is 17.9 Å². The van der Waals surface area contributed by atoms with Gasteiger partial charge in [0.15, 0.2) is 0 Å². The fourth-order valence-electron chi connectivity index (χ4n) is 3.64. The number of hydrogen-bond acceptors (Lipinski definition) is 5. The lowest BCUT2D eigenvalue weighted by Gasteiger charge is -2.09. The van der Waals surface area contributed by atoms with Gasteiger partial charge < -0.3 is 14.2 Å². The maximum atomic E-state index is 11.9. The number of esters is 1. The Morgan fingerprint density at radius 3 is 1.94 bits per heavy atom. The molecule has 0 spiro atoms. The molecule has 3 rings (SSSR count). The predicted octanol–water partition coefficient (Wildman–Crippen LogP) is 8.38. The second-order valence-corrected chi connectivity index (χ2v) is 8.67. The first-order valence-corrected chi connectivity index (χ1v) is 12.9. The smallest absolute Gasteiger partial charge is 0.311 e. The first-order chi connectivity index (χ1) is 17.2. The van der Waals surface area contributed by atoms with Gasteiger partial charge in [-0.05, 0) is 73.5 Å². The van der Waals surface area contributed by atoms with Crippen LogP contribution in [-0.4, -0.2) is 17.6 Å². The SMILES string of the molecule is CCCCCCCOc1ccc(-c2ccc(Oc3ccc(OC(=O)CCCCC)cc3)cc2)nc1. The lowest BCUT2D eigenvalue weighted by Crippen LogP contribution is -2.07. The summed E-state index contributed by atoms with van der Waals surface area (Å²) >= 11 is 0. The van der Waals surface area contributed by atoms with E-state index in [4.69, 9.17) is 14.2 Å². The zero-order valence-electron chi connectivity index (χ0n) is 21.0. The maximum Gasteiger partial charge on any atom is 0.311 e. The van der Waals surface area contributed by atoms with Crippen LogP contribution in [0.5, 0.6) is 23.0 Å². The van der Waals surface area contributed by atoms with Gasteiger partial charge in [-0.2, -0.15) is 0 Å². The highest BCUT2D eigenvalue weighted by Gasteiger charge is 2.06. The van der Waals surface area contributed by atoms with Crippen LogP contribution in [0.25, 0.3) is 11.3 Å². The molecule has 0 bridgehead atoms. The minimum atomic E-state index is -0.196. The Kier molecular flexibility index (Phi) is 11.1. The van der Waals surface area contributed by atoms with Gasteiger partial charge in [0.25, 0.3) is 0 Å². The largest absolute Gasteiger partial charge is 0.492 e. The highest BCUT2D eigenvalue weighted by Crippen LogP contribution is 2.27. The van der Waals surface area contributed by atoms with Crippen molar-refractivity contribution in [1.82, 2.24) is 4.98 Å². The number of carbonyl (C=O) groups excluding carboxylic acids is 1. The van der Waals surface area contributed by atoms with Crippen molar-refractivity contribution in [3.63, 3.8) is 0 Å². The van der Waals surface area contributed by atoms with Gasteiger partial charge in [-0.25, -0.2) is 0 Å². The lowest BCUT2D eigenvalue weighted by atomic mass is 10.1. The molecule has 0 amide bonds. The second kappa shape index (κ2) is 14.8. The number of carbonyl (C=O) groups is 1. The van der Waals surface area contributed by atoms with Crippen LogP contribution in [0.2, 0.25) is 0 Å². The van der Waals surface area contributed by atoms with E-state index in [1.165, 1.54) is 25.7 Å². The molecule has 1 aromatic heterocycles. The highest BCUT2D eigenvalue weighted by atomic mass is 16.5. The van der Waals surface area contributed by atoms with Crippen molar-refractivity contribution in [2.75, 3.05) is 6.61 Å². The van der Waals surface area contributed by atoms with E-state index in [9.17, 15) is 4.79 Å². The molecule has 186 valence electrons. The first kappa shape index (κ1) is 26.3. The van der Waals surface area contributed by atoms with Crippen LogP contribution in [0.1, 0.15) is 71.6 Å². The fraction of sp³-hybridized carbons (Fsp3) is 0.400. The third kappa shape index (κ3) is 9.44. The highest BCUT2D eigenvalue weighted by molar-refractivity contribution is 5.72. The molecular weight excluding hydrogens is 438 g/mol. The normalized spacial score (nSPS) is 10.7. The quantitative estimate of drug-likeness (QED) is 0.125. The van der Waals surface area contributed by atoms with Gasteiger partial charge in [-0.1, -0.05) is 52.4 Å². The van der Waals surface area contributed by atoms with E-state index in [1.54, 1.807) is 30.5 Å². The molecule has 3 aromatic rings. The van der Waals surface area contributed by atoms with E-state index in [2.05, 4.69) is 18.8 Å². The standard InChI is InChI=1S/C30H37NO4/c1-3-5-7-8-10-22-33-28-20-21-29(31-23-28)24-12-14-25(15-13-24)34-26-16-18-27(19-17-26)35-30(32)11-9-6-4-2/h12-21,23H,3-11,22H2,1-2H3. The molecule has 0 unspecified atom stereocenters. The predicted molar refractivity (Wildman–Crippen MR) is 140 cm³/mol. The van der Waals surface area contributed by atoms with Gasteiger partial charge in [0.05, 0.1) is 18.5 Å². The fourth-order valence-corrected chi connectivity index (χ4v) is 3.64. The molecule has 35 heavy (non-hydrogen) atoms. The van der Waals surface area contributed by atoms with Crippen molar-refractivity contribution in [1.29, 1.82) is 0 Å². The number of benzene rings is 2. The number of hydrogen-bond donors (Lipinski definition) is 0. The molecule has 0 N–H and O–H groups in total. The summed E-state index contributed by atoms with van der Waals surface area (Å²) in [5.74, 6) is 2.54. The van der Waals surface area contributed by atoms with Gasteiger partial charge in [0, 0.05) is 12.0 Å². The van der Waals surface area contributed by atoms with E-state index in [0.717, 1.165) is 55.0 Å². The van der Waals surface area contributed by atoms with Gasteiger partial charge in [-0.3, -0.25) is 9.78 Å². The molecule has 2 aromatic carbocycles. The summed E-state index contributed by atoms with van der Waals surface area (Å²) in [5.41, 5.74) is 1.89. The Balaban J connectivity index is 1.46. The summed E-state index contributed by atoms with van der Waals surface area (Å²) in [6, 6.07) is 18.8. The number of aromatic nitrogens is 1. The van der Waals surface area contributed by atoms with E-state index in [1.807, 2.05) is 36.4 Å². The summed E-state index contributed by atoms with van der Waals surface area (Å²) in [7, 11) is 0. The average molecular weight is 476 g/mol. The Morgan fingerprint density at radius 2 is 1.29 bits per heavy atom. The maximum absolute atomic E-state index is 11.9. The van der Waals surface area contributed by atoms with E-state index >= 15 is 0 Å². The van der Waals surface area contributed by atoms with Crippen molar-refractivity contribution in [2.24, 2.45) is 0 Å². The third-order valence-corrected chi connectivity index (χ3v) is 5.68. The average Bonchev–Trinajstić information content (AvgIpc) is 2.88. The zero-order valence-corrected chi connectivity index (χ0v) is 21.0. The number of pyridine rings is 1. The number of nitrogens with zero attached hydrogens (tertiary/aromatic N) is 1. The third-order valence-electron chi connectivity index (χ3n) is 5.68. The van der Waals surface area contributed by atoms with E-state index in [-0.39, 0.29) is 5.97 Å². The summed E-state index contributed by atoms with van der Waals surface area (Å²) in [4.78, 5) is 16.4. The van der Waals surface area contributed by atoms with Crippen LogP contribution in [-0.2, 0) is 4.79 Å². The number of unbranched alkanes of at least 4 members (excludes halogenated alkanes) is 6. The summed E-state index contributed by atoms with van der Waals surface area (Å²) in [5, 5.41) is 0. The van der Waals surface area contributed by atoms with Gasteiger partial charge >= 0.3 is 5.97 Å². The molecular formula is C30H37NO4. The van der Waals surface area contributed by atoms with Crippen molar-refractivity contribution in [2.45, 2.75) is 71.6 Å². The van der Waals surface area contributed by atoms with Crippen molar-refractivity contribution in [3.05, 3.63) is 66.9 Å². The van der Waals surface area contributed by atoms with Gasteiger partial charge in [0.1, 0.15) is 23.0 Å². The molecule has 0 aliphatic heterocycles. The Bertz CT molecular complexity index is 998. The van der Waals surface area contributed by atoms with Crippen molar-refractivity contribution < 1.29 is 19.0 Å². The first-order valence-electron chi connectivity index (χ1n) is 12.9. The molecule has 0 atom stereocenters. The minimum absolute atomic E-state index is 0.196. The summed E-state index contributed by atoms with van der Waals surface area (Å²) in [6.45, 7) is 5.07. The second-order valence-electron chi connectivity index (χ2n) is 8.67. The molecule has 0 fully saturated rings. The van der Waals surface area contributed by atoms with Crippen molar-refractivity contribution in [3.8, 4) is 34.3 Å². The van der Waals surface area contributed by atoms with Crippen LogP contribution in [0, 0.1) is 0 Å². The molecule has 5 nitrogen and oxygen atoms in total. The molecule has 0 aliphatic rings. The Hall–Kier alpha value is -3.34. The molecule has 0 radical (unpaired) electrons. The number of rotatable bonds is 15. The summed E-state index contributed by atoms with van der Waals surface area (Å²) < 4.78 is 17.1. The lowest BCUT2D eigenvalue weighted by molar-refractivity contribution is -0.134. The van der Waals surface area contributed by atoms with Crippen LogP contribution in [0.15, 0.2) is 66.9 Å². The molecule has 0 saturated carbocycles. The van der Waals surface area contributed by atoms with Crippen LogP contribution in [0.3, 0.4) is 0 Å². The van der Waals surface area contributed by atoms with E-state index < -0.39 is 0 Å². The minimum Gasteiger partial charge on any atom is -0.492 e. The Labute approximate surface area is 209 Å². The number of ether oxygens (including phenoxy) is 3.